The van der Waals surface area contributed by atoms with E-state index in [0.717, 1.165) is 23.5 Å². The molecule has 0 unspecified atom stereocenters. The van der Waals surface area contributed by atoms with E-state index in [1.807, 2.05) is 12.1 Å². The van der Waals surface area contributed by atoms with Gasteiger partial charge < -0.3 is 14.7 Å². The maximum Gasteiger partial charge on any atom is 0.126 e. The van der Waals surface area contributed by atoms with Crippen LogP contribution in [0.15, 0.2) is 18.2 Å². The van der Waals surface area contributed by atoms with Gasteiger partial charge in [0.1, 0.15) is 5.75 Å². The standard InChI is InChI=1S/C15H23NO2/c1-11(17)14-12(7-5-8-13(14)18-4)16-10-6-9-15(16,2)3/h5,7-8,11,17H,6,9-10H2,1-4H3/t11-/m0/s1. The summed E-state index contributed by atoms with van der Waals surface area (Å²) in [4.78, 5) is 2.39. The van der Waals surface area contributed by atoms with Gasteiger partial charge in [-0.1, -0.05) is 6.07 Å². The summed E-state index contributed by atoms with van der Waals surface area (Å²) in [6, 6.07) is 5.99. The van der Waals surface area contributed by atoms with Gasteiger partial charge in [-0.15, -0.1) is 0 Å². The summed E-state index contributed by atoms with van der Waals surface area (Å²) < 4.78 is 5.39. The first kappa shape index (κ1) is 13.2. The molecule has 100 valence electrons. The molecule has 18 heavy (non-hydrogen) atoms. The fraction of sp³-hybridized carbons (Fsp3) is 0.600. The van der Waals surface area contributed by atoms with E-state index in [1.165, 1.54) is 12.8 Å². The predicted molar refractivity (Wildman–Crippen MR) is 74.3 cm³/mol. The van der Waals surface area contributed by atoms with Gasteiger partial charge in [0, 0.05) is 23.3 Å². The third kappa shape index (κ3) is 2.19. The third-order valence-corrected chi connectivity index (χ3v) is 3.87. The molecule has 1 atom stereocenters. The molecule has 1 aromatic rings. The molecule has 1 N–H and O–H groups in total. The van der Waals surface area contributed by atoms with Gasteiger partial charge in [0.2, 0.25) is 0 Å². The van der Waals surface area contributed by atoms with Gasteiger partial charge in [0.15, 0.2) is 0 Å². The number of nitrogens with zero attached hydrogens (tertiary/aromatic N) is 1. The van der Waals surface area contributed by atoms with Crippen LogP contribution in [-0.4, -0.2) is 24.3 Å². The molecule has 2 rings (SSSR count). The van der Waals surface area contributed by atoms with Crippen molar-refractivity contribution in [2.24, 2.45) is 0 Å². The van der Waals surface area contributed by atoms with Gasteiger partial charge in [-0.25, -0.2) is 0 Å². The van der Waals surface area contributed by atoms with Crippen LogP contribution in [0.25, 0.3) is 0 Å². The number of ether oxygens (including phenoxy) is 1. The van der Waals surface area contributed by atoms with Crippen molar-refractivity contribution in [1.82, 2.24) is 0 Å². The van der Waals surface area contributed by atoms with E-state index in [-0.39, 0.29) is 5.54 Å². The Bertz CT molecular complexity index is 427. The second-order valence-corrected chi connectivity index (χ2v) is 5.64. The van der Waals surface area contributed by atoms with Gasteiger partial charge in [-0.05, 0) is 45.7 Å². The zero-order valence-electron chi connectivity index (χ0n) is 11.7. The maximum absolute atomic E-state index is 10.0. The first-order valence-electron chi connectivity index (χ1n) is 6.60. The number of aliphatic hydroxyl groups is 1. The Kier molecular flexibility index (Phi) is 3.53. The van der Waals surface area contributed by atoms with Crippen LogP contribution in [0.3, 0.4) is 0 Å². The highest BCUT2D eigenvalue weighted by atomic mass is 16.5. The van der Waals surface area contributed by atoms with Crippen molar-refractivity contribution in [3.63, 3.8) is 0 Å². The van der Waals surface area contributed by atoms with Crippen molar-refractivity contribution >= 4 is 5.69 Å². The normalized spacial score (nSPS) is 19.9. The second-order valence-electron chi connectivity index (χ2n) is 5.64. The zero-order chi connectivity index (χ0) is 13.3. The number of anilines is 1. The number of methoxy groups -OCH3 is 1. The lowest BCUT2D eigenvalue weighted by atomic mass is 9.99. The molecule has 1 aromatic carbocycles. The largest absolute Gasteiger partial charge is 0.496 e. The Balaban J connectivity index is 2.50. The van der Waals surface area contributed by atoms with Gasteiger partial charge in [0.25, 0.3) is 0 Å². The van der Waals surface area contributed by atoms with Crippen LogP contribution in [0.5, 0.6) is 5.75 Å². The fourth-order valence-electron chi connectivity index (χ4n) is 2.92. The molecule has 0 radical (unpaired) electrons. The highest BCUT2D eigenvalue weighted by Gasteiger charge is 2.34. The Labute approximate surface area is 109 Å². The van der Waals surface area contributed by atoms with E-state index in [2.05, 4.69) is 24.8 Å². The first-order valence-corrected chi connectivity index (χ1v) is 6.60. The minimum Gasteiger partial charge on any atom is -0.496 e. The van der Waals surface area contributed by atoms with Gasteiger partial charge in [0.05, 0.1) is 13.2 Å². The average Bonchev–Trinajstić information content (AvgIpc) is 2.67. The van der Waals surface area contributed by atoms with Crippen molar-refractivity contribution in [3.05, 3.63) is 23.8 Å². The van der Waals surface area contributed by atoms with Crippen LogP contribution in [0.2, 0.25) is 0 Å². The van der Waals surface area contributed by atoms with Crippen LogP contribution in [0, 0.1) is 0 Å². The maximum atomic E-state index is 10.0. The summed E-state index contributed by atoms with van der Waals surface area (Å²) in [6.07, 6.45) is 1.86. The highest BCUT2D eigenvalue weighted by molar-refractivity contribution is 5.62. The number of benzene rings is 1. The molecular weight excluding hydrogens is 226 g/mol. The predicted octanol–water partition coefficient (Wildman–Crippen LogP) is 3.13. The minimum atomic E-state index is -0.521. The van der Waals surface area contributed by atoms with Gasteiger partial charge in [-0.3, -0.25) is 0 Å². The van der Waals surface area contributed by atoms with E-state index in [0.29, 0.717) is 0 Å². The lowest BCUT2D eigenvalue weighted by Gasteiger charge is -2.36. The number of hydrogen-bond acceptors (Lipinski definition) is 3. The molecule has 1 aliphatic rings. The van der Waals surface area contributed by atoms with E-state index < -0.39 is 6.10 Å². The molecular formula is C15H23NO2. The molecule has 0 bridgehead atoms. The van der Waals surface area contributed by atoms with E-state index in [4.69, 9.17) is 4.74 Å². The second kappa shape index (κ2) is 4.81. The molecule has 3 heteroatoms. The first-order chi connectivity index (χ1) is 8.47. The van der Waals surface area contributed by atoms with Crippen LogP contribution in [-0.2, 0) is 0 Å². The lowest BCUT2D eigenvalue weighted by Crippen LogP contribution is -2.38. The van der Waals surface area contributed by atoms with Gasteiger partial charge >= 0.3 is 0 Å². The number of rotatable bonds is 3. The Morgan fingerprint density at radius 3 is 2.61 bits per heavy atom. The fourth-order valence-corrected chi connectivity index (χ4v) is 2.92. The topological polar surface area (TPSA) is 32.7 Å². The smallest absolute Gasteiger partial charge is 0.126 e. The van der Waals surface area contributed by atoms with Crippen molar-refractivity contribution < 1.29 is 9.84 Å². The van der Waals surface area contributed by atoms with Crippen LogP contribution in [0.1, 0.15) is 45.3 Å². The Morgan fingerprint density at radius 1 is 1.39 bits per heavy atom. The molecule has 0 saturated carbocycles. The van der Waals surface area contributed by atoms with E-state index in [9.17, 15) is 5.11 Å². The van der Waals surface area contributed by atoms with E-state index in [1.54, 1.807) is 14.0 Å². The molecule has 1 fully saturated rings. The molecule has 0 aliphatic carbocycles. The molecule has 3 nitrogen and oxygen atoms in total. The van der Waals surface area contributed by atoms with Crippen LogP contribution < -0.4 is 9.64 Å². The SMILES string of the molecule is COc1cccc(N2CCCC2(C)C)c1[C@H](C)O. The number of aliphatic hydroxyl groups excluding tert-OH is 1. The minimum absolute atomic E-state index is 0.149. The molecule has 1 heterocycles. The van der Waals surface area contributed by atoms with Crippen LogP contribution in [0.4, 0.5) is 5.69 Å². The van der Waals surface area contributed by atoms with Crippen molar-refractivity contribution in [2.45, 2.75) is 45.3 Å². The summed E-state index contributed by atoms with van der Waals surface area (Å²) >= 11 is 0. The molecule has 0 aromatic heterocycles. The lowest BCUT2D eigenvalue weighted by molar-refractivity contribution is 0.194. The van der Waals surface area contributed by atoms with Crippen molar-refractivity contribution in [2.75, 3.05) is 18.6 Å². The quantitative estimate of drug-likeness (QED) is 0.893. The van der Waals surface area contributed by atoms with E-state index >= 15 is 0 Å². The summed E-state index contributed by atoms with van der Waals surface area (Å²) in [5, 5.41) is 10.0. The summed E-state index contributed by atoms with van der Waals surface area (Å²) in [5.41, 5.74) is 2.15. The average molecular weight is 249 g/mol. The summed E-state index contributed by atoms with van der Waals surface area (Å²) in [5.74, 6) is 0.769. The van der Waals surface area contributed by atoms with Crippen LogP contribution >= 0.6 is 0 Å². The summed E-state index contributed by atoms with van der Waals surface area (Å²) in [7, 11) is 1.65. The van der Waals surface area contributed by atoms with Gasteiger partial charge in [-0.2, -0.15) is 0 Å². The Morgan fingerprint density at radius 2 is 2.11 bits per heavy atom. The zero-order valence-corrected chi connectivity index (χ0v) is 11.7. The molecule has 1 saturated heterocycles. The summed E-state index contributed by atoms with van der Waals surface area (Å²) in [6.45, 7) is 7.35. The Hall–Kier alpha value is -1.22. The molecule has 0 amide bonds. The highest BCUT2D eigenvalue weighted by Crippen LogP contribution is 2.41. The van der Waals surface area contributed by atoms with Crippen molar-refractivity contribution in [3.8, 4) is 5.75 Å². The third-order valence-electron chi connectivity index (χ3n) is 3.87. The molecule has 1 aliphatic heterocycles. The monoisotopic (exact) mass is 249 g/mol. The molecule has 0 spiro atoms. The van der Waals surface area contributed by atoms with Crippen molar-refractivity contribution in [1.29, 1.82) is 0 Å². The number of hydrogen-bond donors (Lipinski definition) is 1.